The summed E-state index contributed by atoms with van der Waals surface area (Å²) in [6.07, 6.45) is 1.94. The lowest BCUT2D eigenvalue weighted by Crippen LogP contribution is -2.24. The number of halogens is 1. The van der Waals surface area contributed by atoms with Crippen LogP contribution in [0, 0.1) is 13.8 Å². The van der Waals surface area contributed by atoms with Gasteiger partial charge in [-0.15, -0.1) is 0 Å². The molecule has 0 heterocycles. The third-order valence-electron chi connectivity index (χ3n) is 3.87. The van der Waals surface area contributed by atoms with Gasteiger partial charge in [-0.25, -0.2) is 0 Å². The molecule has 2 amide bonds. The molecule has 0 aromatic heterocycles. The molecule has 2 N–H and O–H groups in total. The molecule has 0 saturated heterocycles. The van der Waals surface area contributed by atoms with E-state index in [4.69, 9.17) is 11.6 Å². The molecule has 0 saturated carbocycles. The summed E-state index contributed by atoms with van der Waals surface area (Å²) in [6.45, 7) is 6.54. The van der Waals surface area contributed by atoms with Gasteiger partial charge in [0.15, 0.2) is 0 Å². The quantitative estimate of drug-likeness (QED) is 0.733. The van der Waals surface area contributed by atoms with Gasteiger partial charge in [0.2, 0.25) is 0 Å². The Morgan fingerprint density at radius 2 is 1.72 bits per heavy atom. The van der Waals surface area contributed by atoms with Gasteiger partial charge in [-0.3, -0.25) is 9.59 Å². The van der Waals surface area contributed by atoms with E-state index in [-0.39, 0.29) is 11.8 Å². The molecule has 132 valence electrons. The number of hydrogen-bond acceptors (Lipinski definition) is 2. The molecule has 0 aliphatic heterocycles. The van der Waals surface area contributed by atoms with Gasteiger partial charge in [0.1, 0.15) is 0 Å². The number of benzene rings is 2. The molecule has 2 aromatic rings. The Morgan fingerprint density at radius 1 is 1.04 bits per heavy atom. The molecule has 5 heteroatoms. The fourth-order valence-electron chi connectivity index (χ4n) is 2.54. The Bertz CT molecular complexity index is 764. The minimum Gasteiger partial charge on any atom is -0.352 e. The van der Waals surface area contributed by atoms with Gasteiger partial charge in [0.25, 0.3) is 11.8 Å². The van der Waals surface area contributed by atoms with Crippen LogP contribution >= 0.6 is 11.6 Å². The van der Waals surface area contributed by atoms with Crippen molar-refractivity contribution in [2.45, 2.75) is 33.6 Å². The molecule has 0 bridgehead atoms. The van der Waals surface area contributed by atoms with E-state index in [0.29, 0.717) is 28.4 Å². The van der Waals surface area contributed by atoms with E-state index >= 15 is 0 Å². The van der Waals surface area contributed by atoms with Crippen LogP contribution < -0.4 is 10.6 Å². The van der Waals surface area contributed by atoms with Crippen molar-refractivity contribution in [1.29, 1.82) is 0 Å². The predicted octanol–water partition coefficient (Wildman–Crippen LogP) is 4.74. The number of aryl methyl sites for hydroxylation is 2. The summed E-state index contributed by atoms with van der Waals surface area (Å²) in [7, 11) is 0. The smallest absolute Gasteiger partial charge is 0.255 e. The molecule has 0 fully saturated rings. The van der Waals surface area contributed by atoms with Gasteiger partial charge in [0, 0.05) is 17.7 Å². The van der Waals surface area contributed by atoms with Gasteiger partial charge in [-0.1, -0.05) is 37.1 Å². The Morgan fingerprint density at radius 3 is 2.36 bits per heavy atom. The van der Waals surface area contributed by atoms with E-state index < -0.39 is 0 Å². The zero-order valence-corrected chi connectivity index (χ0v) is 15.5. The van der Waals surface area contributed by atoms with E-state index in [0.717, 1.165) is 24.0 Å². The molecule has 0 aliphatic rings. The van der Waals surface area contributed by atoms with Gasteiger partial charge in [-0.2, -0.15) is 0 Å². The van der Waals surface area contributed by atoms with Crippen LogP contribution in [0.4, 0.5) is 5.69 Å². The van der Waals surface area contributed by atoms with Crippen LogP contribution in [-0.4, -0.2) is 18.4 Å². The van der Waals surface area contributed by atoms with Gasteiger partial charge >= 0.3 is 0 Å². The van der Waals surface area contributed by atoms with Gasteiger partial charge < -0.3 is 10.6 Å². The number of hydrogen-bond donors (Lipinski definition) is 2. The van der Waals surface area contributed by atoms with E-state index in [1.165, 1.54) is 0 Å². The summed E-state index contributed by atoms with van der Waals surface area (Å²) in [5.41, 5.74) is 3.41. The monoisotopic (exact) mass is 358 g/mol. The van der Waals surface area contributed by atoms with E-state index in [1.807, 2.05) is 26.0 Å². The highest BCUT2D eigenvalue weighted by molar-refractivity contribution is 6.34. The van der Waals surface area contributed by atoms with Crippen molar-refractivity contribution in [2.75, 3.05) is 11.9 Å². The van der Waals surface area contributed by atoms with Gasteiger partial charge in [-0.05, 0) is 55.7 Å². The average Bonchev–Trinajstić information content (AvgIpc) is 2.58. The Balaban J connectivity index is 2.15. The van der Waals surface area contributed by atoms with E-state index in [2.05, 4.69) is 17.6 Å². The minimum absolute atomic E-state index is 0.173. The van der Waals surface area contributed by atoms with Crippen LogP contribution in [0.3, 0.4) is 0 Å². The third kappa shape index (κ3) is 5.07. The normalized spacial score (nSPS) is 10.4. The standard InChI is InChI=1S/C20H23ClN2O2/c1-4-5-9-22-19(24)15-7-6-8-16(12-15)20(25)23-18-14(3)10-13(2)11-17(18)21/h6-8,10-12H,4-5,9H2,1-3H3,(H,22,24)(H,23,25). The summed E-state index contributed by atoms with van der Waals surface area (Å²) in [6, 6.07) is 10.4. The third-order valence-corrected chi connectivity index (χ3v) is 4.17. The highest BCUT2D eigenvalue weighted by Gasteiger charge is 2.13. The lowest BCUT2D eigenvalue weighted by atomic mass is 10.1. The molecule has 4 nitrogen and oxygen atoms in total. The second kappa shape index (κ2) is 8.67. The maximum Gasteiger partial charge on any atom is 0.255 e. The van der Waals surface area contributed by atoms with Crippen molar-refractivity contribution in [2.24, 2.45) is 0 Å². The lowest BCUT2D eigenvalue weighted by Gasteiger charge is -2.12. The maximum atomic E-state index is 12.5. The predicted molar refractivity (Wildman–Crippen MR) is 103 cm³/mol. The van der Waals surface area contributed by atoms with Crippen LogP contribution in [0.15, 0.2) is 36.4 Å². The fourth-order valence-corrected chi connectivity index (χ4v) is 2.91. The fraction of sp³-hybridized carbons (Fsp3) is 0.300. The summed E-state index contributed by atoms with van der Waals surface area (Å²) in [5, 5.41) is 6.19. The molecule has 2 rings (SSSR count). The van der Waals surface area contributed by atoms with Crippen molar-refractivity contribution in [1.82, 2.24) is 5.32 Å². The average molecular weight is 359 g/mol. The molecule has 0 spiro atoms. The second-order valence-electron chi connectivity index (χ2n) is 6.08. The first-order valence-electron chi connectivity index (χ1n) is 8.38. The topological polar surface area (TPSA) is 58.2 Å². The minimum atomic E-state index is -0.294. The van der Waals surface area contributed by atoms with Crippen LogP contribution in [0.25, 0.3) is 0 Å². The molecule has 25 heavy (non-hydrogen) atoms. The Hall–Kier alpha value is -2.33. The van der Waals surface area contributed by atoms with Crippen molar-refractivity contribution in [3.63, 3.8) is 0 Å². The summed E-state index contributed by atoms with van der Waals surface area (Å²) in [4.78, 5) is 24.7. The van der Waals surface area contributed by atoms with Crippen LogP contribution in [0.1, 0.15) is 51.6 Å². The van der Waals surface area contributed by atoms with E-state index in [9.17, 15) is 9.59 Å². The zero-order chi connectivity index (χ0) is 18.4. The number of amides is 2. The number of carbonyl (C=O) groups is 2. The van der Waals surface area contributed by atoms with E-state index in [1.54, 1.807) is 24.3 Å². The maximum absolute atomic E-state index is 12.5. The van der Waals surface area contributed by atoms with Crippen molar-refractivity contribution < 1.29 is 9.59 Å². The van der Waals surface area contributed by atoms with Crippen LogP contribution in [0.5, 0.6) is 0 Å². The van der Waals surface area contributed by atoms with Crippen molar-refractivity contribution in [3.05, 3.63) is 63.7 Å². The first kappa shape index (κ1) is 19.0. The highest BCUT2D eigenvalue weighted by Crippen LogP contribution is 2.27. The summed E-state index contributed by atoms with van der Waals surface area (Å²) < 4.78 is 0. The first-order chi connectivity index (χ1) is 11.9. The number of nitrogens with one attached hydrogen (secondary N) is 2. The Kier molecular flexibility index (Phi) is 6.59. The molecule has 0 radical (unpaired) electrons. The zero-order valence-electron chi connectivity index (χ0n) is 14.8. The Labute approximate surface area is 153 Å². The van der Waals surface area contributed by atoms with Crippen molar-refractivity contribution >= 4 is 29.1 Å². The van der Waals surface area contributed by atoms with Crippen LogP contribution in [0.2, 0.25) is 5.02 Å². The molecule has 2 aromatic carbocycles. The number of unbranched alkanes of at least 4 members (excludes halogenated alkanes) is 1. The lowest BCUT2D eigenvalue weighted by molar-refractivity contribution is 0.0953. The summed E-state index contributed by atoms with van der Waals surface area (Å²) in [5.74, 6) is -0.468. The van der Waals surface area contributed by atoms with Crippen LogP contribution in [-0.2, 0) is 0 Å². The number of anilines is 1. The molecule has 0 atom stereocenters. The van der Waals surface area contributed by atoms with Gasteiger partial charge in [0.05, 0.1) is 10.7 Å². The largest absolute Gasteiger partial charge is 0.352 e. The number of carbonyl (C=O) groups excluding carboxylic acids is 2. The highest BCUT2D eigenvalue weighted by atomic mass is 35.5. The first-order valence-corrected chi connectivity index (χ1v) is 8.76. The van der Waals surface area contributed by atoms with Crippen molar-refractivity contribution in [3.8, 4) is 0 Å². The number of rotatable bonds is 6. The molecular formula is C20H23ClN2O2. The molecule has 0 aliphatic carbocycles. The molecule has 0 unspecified atom stereocenters. The SMILES string of the molecule is CCCCNC(=O)c1cccc(C(=O)Nc2c(C)cc(C)cc2Cl)c1. The second-order valence-corrected chi connectivity index (χ2v) is 6.49. The molecular weight excluding hydrogens is 336 g/mol. The summed E-state index contributed by atoms with van der Waals surface area (Å²) >= 11 is 6.24.